The molecule has 0 saturated carbocycles. The maximum atomic E-state index is 12.9. The zero-order valence-electron chi connectivity index (χ0n) is 14.9. The molecule has 2 rings (SSSR count). The third-order valence-corrected chi connectivity index (χ3v) is 4.23. The van der Waals surface area contributed by atoms with Crippen LogP contribution >= 0.6 is 0 Å². The fourth-order valence-electron chi connectivity index (χ4n) is 3.13. The largest absolute Gasteiger partial charge is 0.548 e. The van der Waals surface area contributed by atoms with E-state index in [1.807, 2.05) is 0 Å². The van der Waals surface area contributed by atoms with Gasteiger partial charge in [0.1, 0.15) is 5.60 Å². The molecule has 0 aromatic heterocycles. The van der Waals surface area contributed by atoms with Crippen LogP contribution in [0.3, 0.4) is 0 Å². The molecule has 0 N–H and O–H groups in total. The van der Waals surface area contributed by atoms with Crippen LogP contribution in [0.2, 0.25) is 0 Å². The van der Waals surface area contributed by atoms with E-state index in [9.17, 15) is 27.9 Å². The third-order valence-electron chi connectivity index (χ3n) is 4.23. The van der Waals surface area contributed by atoms with E-state index in [1.54, 1.807) is 20.8 Å². The molecule has 1 heterocycles. The van der Waals surface area contributed by atoms with E-state index < -0.39 is 34.9 Å². The molecule has 1 atom stereocenters. The molecule has 8 heteroatoms. The second-order valence-electron chi connectivity index (χ2n) is 7.43. The summed E-state index contributed by atoms with van der Waals surface area (Å²) in [5.41, 5.74) is -3.26. The summed E-state index contributed by atoms with van der Waals surface area (Å²) < 4.78 is 44.0. The summed E-state index contributed by atoms with van der Waals surface area (Å²) in [4.78, 5) is 25.4. The normalized spacial score (nSPS) is 20.9. The quantitative estimate of drug-likeness (QED) is 0.818. The Morgan fingerprint density at radius 2 is 1.92 bits per heavy atom. The molecule has 1 aromatic carbocycles. The average molecular weight is 372 g/mol. The van der Waals surface area contributed by atoms with Gasteiger partial charge in [0, 0.05) is 13.0 Å². The van der Waals surface area contributed by atoms with Gasteiger partial charge in [0.05, 0.1) is 17.1 Å². The van der Waals surface area contributed by atoms with Crippen LogP contribution in [-0.4, -0.2) is 34.6 Å². The monoisotopic (exact) mass is 372 g/mol. The van der Waals surface area contributed by atoms with Crippen LogP contribution in [0.15, 0.2) is 24.3 Å². The van der Waals surface area contributed by atoms with Gasteiger partial charge in [-0.15, -0.1) is 0 Å². The molecule has 1 fully saturated rings. The first-order valence-electron chi connectivity index (χ1n) is 8.23. The smallest absolute Gasteiger partial charge is 0.416 e. The van der Waals surface area contributed by atoms with E-state index >= 15 is 0 Å². The zero-order valence-corrected chi connectivity index (χ0v) is 14.9. The zero-order chi connectivity index (χ0) is 19.8. The molecule has 5 nitrogen and oxygen atoms in total. The number of carbonyl (C=O) groups is 2. The first-order chi connectivity index (χ1) is 11.8. The van der Waals surface area contributed by atoms with E-state index in [-0.39, 0.29) is 24.9 Å². The first kappa shape index (κ1) is 20.1. The molecule has 0 spiro atoms. The van der Waals surface area contributed by atoms with Crippen LogP contribution in [0.25, 0.3) is 0 Å². The number of nitrogens with zero attached hydrogens (tertiary/aromatic N) is 1. The Morgan fingerprint density at radius 1 is 1.27 bits per heavy atom. The number of hydrogen-bond acceptors (Lipinski definition) is 4. The highest BCUT2D eigenvalue weighted by Crippen LogP contribution is 2.36. The average Bonchev–Trinajstić information content (AvgIpc) is 2.90. The van der Waals surface area contributed by atoms with Gasteiger partial charge in [0.2, 0.25) is 0 Å². The third kappa shape index (κ3) is 4.28. The molecule has 0 radical (unpaired) electrons. The van der Waals surface area contributed by atoms with Crippen molar-refractivity contribution in [3.05, 3.63) is 35.4 Å². The van der Waals surface area contributed by atoms with Crippen LogP contribution in [0.5, 0.6) is 0 Å². The number of likely N-dealkylation sites (tertiary alicyclic amines) is 1. The van der Waals surface area contributed by atoms with Crippen molar-refractivity contribution in [1.29, 1.82) is 0 Å². The number of carboxylic acids is 1. The van der Waals surface area contributed by atoms with E-state index in [1.165, 1.54) is 12.1 Å². The number of carboxylic acid groups (broad SMARTS) is 1. The summed E-state index contributed by atoms with van der Waals surface area (Å²) in [5, 5.41) is 11.9. The fraction of sp³-hybridized carbons (Fsp3) is 0.556. The number of aliphatic carboxylic acids is 1. The lowest BCUT2D eigenvalue weighted by atomic mass is 9.87. The molecule has 1 aromatic rings. The number of alkyl halides is 3. The Kier molecular flexibility index (Phi) is 5.26. The molecule has 0 bridgehead atoms. The summed E-state index contributed by atoms with van der Waals surface area (Å²) in [6.45, 7) is 5.08. The van der Waals surface area contributed by atoms with Crippen molar-refractivity contribution in [2.75, 3.05) is 6.54 Å². The van der Waals surface area contributed by atoms with E-state index in [4.69, 9.17) is 4.74 Å². The minimum atomic E-state index is -4.54. The lowest BCUT2D eigenvalue weighted by Gasteiger charge is -2.40. The predicted molar refractivity (Wildman–Crippen MR) is 85.1 cm³/mol. The van der Waals surface area contributed by atoms with Crippen LogP contribution in [0.4, 0.5) is 18.0 Å². The number of benzene rings is 1. The molecule has 1 saturated heterocycles. The minimum Gasteiger partial charge on any atom is -0.548 e. The van der Waals surface area contributed by atoms with Gasteiger partial charge >= 0.3 is 12.3 Å². The molecule has 1 amide bonds. The lowest BCUT2D eigenvalue weighted by molar-refractivity contribution is -0.317. The summed E-state index contributed by atoms with van der Waals surface area (Å²) in [6.07, 6.45) is -5.15. The highest BCUT2D eigenvalue weighted by molar-refractivity contribution is 5.84. The summed E-state index contributed by atoms with van der Waals surface area (Å²) in [5.74, 6) is -1.50. The highest BCUT2D eigenvalue weighted by atomic mass is 19.4. The van der Waals surface area contributed by atoms with Crippen LogP contribution in [0.1, 0.15) is 44.7 Å². The number of halogens is 3. The summed E-state index contributed by atoms with van der Waals surface area (Å²) >= 11 is 0. The summed E-state index contributed by atoms with van der Waals surface area (Å²) in [6, 6.07) is 4.44. The van der Waals surface area contributed by atoms with Crippen LogP contribution in [0, 0.1) is 0 Å². The Morgan fingerprint density at radius 3 is 2.46 bits per heavy atom. The van der Waals surface area contributed by atoms with Crippen molar-refractivity contribution in [2.24, 2.45) is 0 Å². The molecule has 1 aliphatic rings. The Hall–Kier alpha value is -2.25. The molecule has 1 aliphatic heterocycles. The van der Waals surface area contributed by atoms with Gasteiger partial charge in [-0.05, 0) is 45.2 Å². The van der Waals surface area contributed by atoms with Gasteiger partial charge in [0.25, 0.3) is 0 Å². The van der Waals surface area contributed by atoms with E-state index in [0.717, 1.165) is 17.0 Å². The molecular weight excluding hydrogens is 351 g/mol. The first-order valence-corrected chi connectivity index (χ1v) is 8.23. The number of carbonyl (C=O) groups excluding carboxylic acids is 2. The van der Waals surface area contributed by atoms with Gasteiger partial charge in [-0.2, -0.15) is 13.2 Å². The Balaban J connectivity index is 2.35. The predicted octanol–water partition coefficient (Wildman–Crippen LogP) is 2.77. The minimum absolute atomic E-state index is 0.0881. The number of ether oxygens (including phenoxy) is 1. The van der Waals surface area contributed by atoms with Crippen molar-refractivity contribution < 1.29 is 32.6 Å². The molecule has 0 aliphatic carbocycles. The number of amides is 1. The Bertz CT molecular complexity index is 696. The van der Waals surface area contributed by atoms with Crippen molar-refractivity contribution in [1.82, 2.24) is 4.90 Å². The highest BCUT2D eigenvalue weighted by Gasteiger charge is 2.46. The topological polar surface area (TPSA) is 69.7 Å². The van der Waals surface area contributed by atoms with Crippen LogP contribution in [-0.2, 0) is 22.1 Å². The van der Waals surface area contributed by atoms with E-state index in [2.05, 4.69) is 0 Å². The van der Waals surface area contributed by atoms with Gasteiger partial charge in [-0.1, -0.05) is 18.2 Å². The van der Waals surface area contributed by atoms with Crippen LogP contribution < -0.4 is 5.11 Å². The SMILES string of the molecule is CC(C)(C)OC(=O)N1CCC[C@@]1(Cc1cccc(C(F)(F)F)c1)C(=O)[O-]. The maximum absolute atomic E-state index is 12.9. The van der Waals surface area contributed by atoms with Gasteiger partial charge < -0.3 is 14.6 Å². The fourth-order valence-corrected chi connectivity index (χ4v) is 3.13. The van der Waals surface area contributed by atoms with Crippen molar-refractivity contribution >= 4 is 12.1 Å². The second-order valence-corrected chi connectivity index (χ2v) is 7.43. The standard InChI is InChI=1S/C18H22F3NO4/c1-16(2,3)26-15(25)22-9-5-8-17(22,14(23)24)11-12-6-4-7-13(10-12)18(19,20)21/h4,6-7,10H,5,8-9,11H2,1-3H3,(H,23,24)/p-1/t17-/m1/s1. The maximum Gasteiger partial charge on any atom is 0.416 e. The molecule has 26 heavy (non-hydrogen) atoms. The second kappa shape index (κ2) is 6.81. The van der Waals surface area contributed by atoms with Gasteiger partial charge in [0.15, 0.2) is 0 Å². The molecular formula is C18H21F3NO4-. The van der Waals surface area contributed by atoms with E-state index in [0.29, 0.717) is 6.42 Å². The molecule has 0 unspecified atom stereocenters. The lowest BCUT2D eigenvalue weighted by Crippen LogP contribution is -2.60. The van der Waals surface area contributed by atoms with Crippen molar-refractivity contribution in [2.45, 2.75) is 57.3 Å². The van der Waals surface area contributed by atoms with Gasteiger partial charge in [-0.25, -0.2) is 4.79 Å². The van der Waals surface area contributed by atoms with Crippen molar-refractivity contribution in [3.8, 4) is 0 Å². The summed E-state index contributed by atoms with van der Waals surface area (Å²) in [7, 11) is 0. The van der Waals surface area contributed by atoms with Gasteiger partial charge in [-0.3, -0.25) is 4.90 Å². The van der Waals surface area contributed by atoms with Crippen molar-refractivity contribution in [3.63, 3.8) is 0 Å². The number of hydrogen-bond donors (Lipinski definition) is 0. The Labute approximate surface area is 149 Å². The number of rotatable bonds is 3. The molecule has 144 valence electrons.